The highest BCUT2D eigenvalue weighted by Crippen LogP contribution is 2.55. The normalized spacial score (nSPS) is 25.3. The van der Waals surface area contributed by atoms with Gasteiger partial charge in [0.05, 0.1) is 17.5 Å². The van der Waals surface area contributed by atoms with Crippen molar-refractivity contribution in [2.24, 2.45) is 0 Å². The molecule has 230 valence electrons. The standard InChI is InChI=1S/C33H33F3N4O4/c1-40(2)19-5-3-4-17(14-19)21-8-6-18(15-24(21)33(34,35)36)32(42)39-29-28-23-16-20(7-10-25(23)44-30(28)29)43-26-12-13-37-31-22(26)9-11-27(41)38-31/h6-8,10,12-13,15-17,19,28-30H,3-5,9,11,14H2,1-2H3,(H,39,42)(H,37,38,41)/t17?,19-,28+,29+,30+/m1/s1. The van der Waals surface area contributed by atoms with Gasteiger partial charge in [-0.1, -0.05) is 12.5 Å². The van der Waals surface area contributed by atoms with E-state index >= 15 is 0 Å². The number of alkyl halides is 3. The molecule has 2 saturated carbocycles. The largest absolute Gasteiger partial charge is 0.487 e. The molecule has 2 amide bonds. The summed E-state index contributed by atoms with van der Waals surface area (Å²) < 4.78 is 54.9. The van der Waals surface area contributed by atoms with Gasteiger partial charge in [-0.2, -0.15) is 13.2 Å². The van der Waals surface area contributed by atoms with Gasteiger partial charge in [-0.3, -0.25) is 9.59 Å². The topological polar surface area (TPSA) is 92.8 Å². The van der Waals surface area contributed by atoms with E-state index in [1.54, 1.807) is 18.3 Å². The highest BCUT2D eigenvalue weighted by Gasteiger charge is 2.59. The van der Waals surface area contributed by atoms with E-state index in [2.05, 4.69) is 20.5 Å². The fraction of sp³-hybridized carbons (Fsp3) is 0.424. The van der Waals surface area contributed by atoms with Gasteiger partial charge in [0.2, 0.25) is 5.91 Å². The van der Waals surface area contributed by atoms with Gasteiger partial charge in [-0.25, -0.2) is 4.98 Å². The Bertz CT molecular complexity index is 1640. The van der Waals surface area contributed by atoms with Gasteiger partial charge in [0.15, 0.2) is 0 Å². The van der Waals surface area contributed by atoms with Crippen LogP contribution in [-0.4, -0.2) is 54.0 Å². The van der Waals surface area contributed by atoms with E-state index in [-0.39, 0.29) is 47.1 Å². The molecule has 2 aliphatic carbocycles. The summed E-state index contributed by atoms with van der Waals surface area (Å²) in [5.74, 6) is 1.37. The molecule has 5 atom stereocenters. The minimum Gasteiger partial charge on any atom is -0.487 e. The summed E-state index contributed by atoms with van der Waals surface area (Å²) in [5.41, 5.74) is 1.22. The molecule has 0 radical (unpaired) electrons. The molecule has 44 heavy (non-hydrogen) atoms. The molecular weight excluding hydrogens is 573 g/mol. The van der Waals surface area contributed by atoms with Crippen LogP contribution in [0.5, 0.6) is 17.2 Å². The molecule has 2 fully saturated rings. The Morgan fingerprint density at radius 2 is 1.93 bits per heavy atom. The second-order valence-corrected chi connectivity index (χ2v) is 12.4. The average molecular weight is 607 g/mol. The zero-order chi connectivity index (χ0) is 30.7. The predicted octanol–water partition coefficient (Wildman–Crippen LogP) is 6.02. The van der Waals surface area contributed by atoms with Gasteiger partial charge in [0.1, 0.15) is 29.2 Å². The number of rotatable bonds is 6. The first kappa shape index (κ1) is 28.6. The van der Waals surface area contributed by atoms with Crippen molar-refractivity contribution in [1.82, 2.24) is 15.2 Å². The lowest BCUT2D eigenvalue weighted by molar-refractivity contribution is -0.138. The Labute approximate surface area is 252 Å². The molecule has 2 aromatic carbocycles. The van der Waals surface area contributed by atoms with E-state index in [1.807, 2.05) is 26.2 Å². The third-order valence-electron chi connectivity index (χ3n) is 9.39. The van der Waals surface area contributed by atoms with Crippen molar-refractivity contribution in [3.05, 3.63) is 76.5 Å². The highest BCUT2D eigenvalue weighted by molar-refractivity contribution is 5.95. The van der Waals surface area contributed by atoms with Crippen LogP contribution in [-0.2, 0) is 17.4 Å². The molecule has 0 saturated heterocycles. The van der Waals surface area contributed by atoms with Crippen molar-refractivity contribution < 1.29 is 32.2 Å². The van der Waals surface area contributed by atoms with Gasteiger partial charge in [0.25, 0.3) is 5.91 Å². The molecule has 2 N–H and O–H groups in total. The van der Waals surface area contributed by atoms with Crippen molar-refractivity contribution in [2.45, 2.75) is 74.7 Å². The van der Waals surface area contributed by atoms with Crippen LogP contribution >= 0.6 is 0 Å². The van der Waals surface area contributed by atoms with Crippen LogP contribution in [0.2, 0.25) is 0 Å². The van der Waals surface area contributed by atoms with E-state index in [0.717, 1.165) is 30.0 Å². The van der Waals surface area contributed by atoms with E-state index in [9.17, 15) is 22.8 Å². The maximum Gasteiger partial charge on any atom is 0.416 e. The van der Waals surface area contributed by atoms with Gasteiger partial charge >= 0.3 is 6.18 Å². The molecule has 3 heterocycles. The molecule has 11 heteroatoms. The molecule has 1 aromatic heterocycles. The van der Waals surface area contributed by atoms with E-state index in [4.69, 9.17) is 9.47 Å². The lowest BCUT2D eigenvalue weighted by Gasteiger charge is -2.34. The molecular formula is C33H33F3N4O4. The van der Waals surface area contributed by atoms with Gasteiger partial charge in [-0.05, 0) is 87.7 Å². The van der Waals surface area contributed by atoms with Gasteiger partial charge in [-0.15, -0.1) is 0 Å². The summed E-state index contributed by atoms with van der Waals surface area (Å²) in [6.45, 7) is 0. The van der Waals surface area contributed by atoms with Crippen LogP contribution in [0.25, 0.3) is 0 Å². The third kappa shape index (κ3) is 5.27. The summed E-state index contributed by atoms with van der Waals surface area (Å²) >= 11 is 0. The number of amides is 2. The Hall–Kier alpha value is -4.12. The summed E-state index contributed by atoms with van der Waals surface area (Å²) in [7, 11) is 3.92. The number of nitrogens with one attached hydrogen (secondary N) is 2. The van der Waals surface area contributed by atoms with Gasteiger partial charge < -0.3 is 25.0 Å². The van der Waals surface area contributed by atoms with Crippen molar-refractivity contribution in [3.63, 3.8) is 0 Å². The number of fused-ring (bicyclic) bond motifs is 4. The van der Waals surface area contributed by atoms with Crippen LogP contribution in [0.1, 0.15) is 76.6 Å². The zero-order valence-electron chi connectivity index (χ0n) is 24.4. The number of aromatic nitrogens is 1. The lowest BCUT2D eigenvalue weighted by Crippen LogP contribution is -2.33. The predicted molar refractivity (Wildman–Crippen MR) is 156 cm³/mol. The van der Waals surface area contributed by atoms with Crippen LogP contribution in [0.4, 0.5) is 19.0 Å². The van der Waals surface area contributed by atoms with Crippen LogP contribution in [0, 0.1) is 0 Å². The molecule has 0 bridgehead atoms. The highest BCUT2D eigenvalue weighted by atomic mass is 19.4. The number of benzene rings is 2. The molecule has 8 nitrogen and oxygen atoms in total. The summed E-state index contributed by atoms with van der Waals surface area (Å²) in [5, 5.41) is 5.66. The Morgan fingerprint density at radius 1 is 1.09 bits per heavy atom. The second kappa shape index (κ2) is 10.8. The number of carbonyl (C=O) groups is 2. The quantitative estimate of drug-likeness (QED) is 0.357. The SMILES string of the molecule is CN(C)[C@@H]1CCCC(c2ccc(C(=O)N[C@@H]3[C@H]4Oc5ccc(Oc6ccnc7c6CCC(=O)N7)cc5[C@@H]34)cc2C(F)(F)F)C1. The number of carbonyl (C=O) groups excluding carboxylic acids is 2. The maximum atomic E-state index is 14.2. The van der Waals surface area contributed by atoms with Crippen LogP contribution in [0.3, 0.4) is 0 Å². The first-order valence-corrected chi connectivity index (χ1v) is 15.0. The third-order valence-corrected chi connectivity index (χ3v) is 9.39. The van der Waals surface area contributed by atoms with E-state index in [1.165, 1.54) is 12.1 Å². The summed E-state index contributed by atoms with van der Waals surface area (Å²) in [6.07, 6.45) is 0.792. The molecule has 0 spiro atoms. The smallest absolute Gasteiger partial charge is 0.416 e. The molecule has 1 unspecified atom stereocenters. The number of anilines is 1. The number of halogens is 3. The number of hydrogen-bond acceptors (Lipinski definition) is 6. The monoisotopic (exact) mass is 606 g/mol. The van der Waals surface area contributed by atoms with Gasteiger partial charge in [0, 0.05) is 35.3 Å². The zero-order valence-corrected chi connectivity index (χ0v) is 24.4. The molecule has 3 aromatic rings. The van der Waals surface area contributed by atoms with Crippen LogP contribution < -0.4 is 20.1 Å². The molecule has 2 aliphatic heterocycles. The Morgan fingerprint density at radius 3 is 2.73 bits per heavy atom. The second-order valence-electron chi connectivity index (χ2n) is 12.4. The minimum absolute atomic E-state index is 0.0159. The molecule has 7 rings (SSSR count). The van der Waals surface area contributed by atoms with E-state index in [0.29, 0.717) is 48.7 Å². The number of pyridine rings is 1. The summed E-state index contributed by atoms with van der Waals surface area (Å²) in [4.78, 5) is 31.3. The van der Waals surface area contributed by atoms with Crippen molar-refractivity contribution in [3.8, 4) is 17.2 Å². The number of nitrogens with zero attached hydrogens (tertiary/aromatic N) is 2. The Balaban J connectivity index is 1.06. The summed E-state index contributed by atoms with van der Waals surface area (Å²) in [6, 6.07) is 11.1. The lowest BCUT2D eigenvalue weighted by atomic mass is 9.79. The number of hydrogen-bond donors (Lipinski definition) is 2. The average Bonchev–Trinajstić information content (AvgIpc) is 3.52. The molecule has 4 aliphatic rings. The first-order valence-electron chi connectivity index (χ1n) is 15.0. The van der Waals surface area contributed by atoms with Crippen molar-refractivity contribution >= 4 is 17.6 Å². The van der Waals surface area contributed by atoms with Crippen molar-refractivity contribution in [2.75, 3.05) is 19.4 Å². The van der Waals surface area contributed by atoms with E-state index < -0.39 is 17.6 Å². The first-order chi connectivity index (χ1) is 21.1. The fourth-order valence-electron chi connectivity index (χ4n) is 7.01. The van der Waals surface area contributed by atoms with Crippen molar-refractivity contribution in [1.29, 1.82) is 0 Å². The Kier molecular flexibility index (Phi) is 7.03. The maximum absolute atomic E-state index is 14.2. The van der Waals surface area contributed by atoms with Crippen LogP contribution in [0.15, 0.2) is 48.7 Å². The number of ether oxygens (including phenoxy) is 2. The minimum atomic E-state index is -4.56. The fourth-order valence-corrected chi connectivity index (χ4v) is 7.01.